The Bertz CT molecular complexity index is 733. The molecule has 0 saturated heterocycles. The molecule has 3 aliphatic rings. The summed E-state index contributed by atoms with van der Waals surface area (Å²) in [5, 5.41) is 17.7. The molecule has 2 aromatic rings. The normalized spacial score (nSPS) is 30.6. The first-order valence-corrected chi connectivity index (χ1v) is 8.32. The molecule has 2 aromatic heterocycles. The van der Waals surface area contributed by atoms with Gasteiger partial charge in [0.05, 0.1) is 16.3 Å². The van der Waals surface area contributed by atoms with Gasteiger partial charge in [-0.15, -0.1) is 0 Å². The van der Waals surface area contributed by atoms with Gasteiger partial charge in [-0.25, -0.2) is 9.50 Å². The van der Waals surface area contributed by atoms with Crippen LogP contribution in [0.3, 0.4) is 0 Å². The van der Waals surface area contributed by atoms with Crippen molar-refractivity contribution in [2.45, 2.75) is 49.7 Å². The van der Waals surface area contributed by atoms with Crippen molar-refractivity contribution in [3.8, 4) is 0 Å². The zero-order valence-corrected chi connectivity index (χ0v) is 13.6. The van der Waals surface area contributed by atoms with E-state index in [0.29, 0.717) is 11.2 Å². The number of halogens is 1. The van der Waals surface area contributed by atoms with Crippen LogP contribution in [0.4, 0.5) is 0 Å². The Kier molecular flexibility index (Phi) is 3.06. The fourth-order valence-electron chi connectivity index (χ4n) is 3.67. The van der Waals surface area contributed by atoms with E-state index in [0.717, 1.165) is 43.0 Å². The highest BCUT2D eigenvalue weighted by Crippen LogP contribution is 2.46. The van der Waals surface area contributed by atoms with Gasteiger partial charge in [-0.2, -0.15) is 5.10 Å². The predicted octanol–water partition coefficient (Wildman–Crippen LogP) is 2.06. The molecular weight excluding hydrogens is 348 g/mol. The number of rotatable bonds is 2. The molecule has 2 bridgehead atoms. The summed E-state index contributed by atoms with van der Waals surface area (Å²) in [4.78, 5) is 16.9. The van der Waals surface area contributed by atoms with E-state index in [1.807, 2.05) is 0 Å². The van der Waals surface area contributed by atoms with Crippen LogP contribution in [-0.4, -0.2) is 36.8 Å². The number of carbonyl (C=O) groups is 1. The van der Waals surface area contributed by atoms with Gasteiger partial charge in [-0.05, 0) is 54.5 Å². The van der Waals surface area contributed by atoms with Crippen LogP contribution in [0.5, 0.6) is 0 Å². The van der Waals surface area contributed by atoms with Crippen LogP contribution in [0.2, 0.25) is 0 Å². The van der Waals surface area contributed by atoms with Gasteiger partial charge < -0.3 is 10.4 Å². The third-order valence-corrected chi connectivity index (χ3v) is 5.56. The molecule has 0 spiro atoms. The lowest BCUT2D eigenvalue weighted by atomic mass is 9.63. The molecule has 0 aromatic carbocycles. The van der Waals surface area contributed by atoms with E-state index < -0.39 is 5.60 Å². The lowest BCUT2D eigenvalue weighted by molar-refractivity contribution is -0.0702. The van der Waals surface area contributed by atoms with Gasteiger partial charge >= 0.3 is 0 Å². The summed E-state index contributed by atoms with van der Waals surface area (Å²) in [5.74, 6) is -0.128. The van der Waals surface area contributed by atoms with E-state index in [1.165, 1.54) is 0 Å². The van der Waals surface area contributed by atoms with Crippen molar-refractivity contribution in [1.82, 2.24) is 19.9 Å². The number of aliphatic hydroxyl groups is 1. The van der Waals surface area contributed by atoms with Crippen molar-refractivity contribution < 1.29 is 9.90 Å². The SMILES string of the molecule is O=C(NC12CCC(O)(CC1)CC2)c1cnn2cc(Br)cnc12. The van der Waals surface area contributed by atoms with Crippen LogP contribution >= 0.6 is 15.9 Å². The number of hydrogen-bond acceptors (Lipinski definition) is 4. The van der Waals surface area contributed by atoms with Crippen LogP contribution in [0.15, 0.2) is 23.1 Å². The minimum atomic E-state index is -0.495. The number of amides is 1. The van der Waals surface area contributed by atoms with Gasteiger partial charge in [0.25, 0.3) is 5.91 Å². The fraction of sp³-hybridized carbons (Fsp3) is 0.533. The van der Waals surface area contributed by atoms with Gasteiger partial charge in [-0.1, -0.05) is 0 Å². The van der Waals surface area contributed by atoms with Gasteiger partial charge in [-0.3, -0.25) is 4.79 Å². The molecule has 2 heterocycles. The molecule has 2 N–H and O–H groups in total. The Hall–Kier alpha value is -1.47. The first-order chi connectivity index (χ1) is 10.5. The van der Waals surface area contributed by atoms with Crippen molar-refractivity contribution in [3.05, 3.63) is 28.6 Å². The average molecular weight is 365 g/mol. The zero-order chi connectivity index (χ0) is 15.4. The van der Waals surface area contributed by atoms with Crippen LogP contribution in [0.1, 0.15) is 48.9 Å². The van der Waals surface area contributed by atoms with Gasteiger partial charge in [0.1, 0.15) is 5.56 Å². The standard InChI is InChI=1S/C15H17BrN4O2/c16-10-7-17-12-11(8-18-20(12)9-10)13(21)19-14-1-4-15(22,5-2-14)6-3-14/h7-9,22H,1-6H2,(H,19,21). The molecule has 6 nitrogen and oxygen atoms in total. The summed E-state index contributed by atoms with van der Waals surface area (Å²) in [6, 6.07) is 0. The molecule has 3 fully saturated rings. The first-order valence-electron chi connectivity index (χ1n) is 7.53. The maximum Gasteiger partial charge on any atom is 0.257 e. The summed E-state index contributed by atoms with van der Waals surface area (Å²) < 4.78 is 2.41. The highest BCUT2D eigenvalue weighted by atomic mass is 79.9. The monoisotopic (exact) mass is 364 g/mol. The lowest BCUT2D eigenvalue weighted by Gasteiger charge is -2.51. The Morgan fingerprint density at radius 2 is 1.91 bits per heavy atom. The first kappa shape index (κ1) is 14.1. The third-order valence-electron chi connectivity index (χ3n) is 5.15. The lowest BCUT2D eigenvalue weighted by Crippen LogP contribution is -2.58. The zero-order valence-electron chi connectivity index (χ0n) is 12.0. The average Bonchev–Trinajstić information content (AvgIpc) is 2.92. The Balaban J connectivity index is 1.59. The van der Waals surface area contributed by atoms with Crippen molar-refractivity contribution in [2.75, 3.05) is 0 Å². The van der Waals surface area contributed by atoms with Crippen molar-refractivity contribution in [1.29, 1.82) is 0 Å². The smallest absolute Gasteiger partial charge is 0.257 e. The molecular formula is C15H17BrN4O2. The summed E-state index contributed by atoms with van der Waals surface area (Å²) in [7, 11) is 0. The molecule has 0 radical (unpaired) electrons. The number of fused-ring (bicyclic) bond motifs is 4. The predicted molar refractivity (Wildman–Crippen MR) is 83.5 cm³/mol. The molecule has 3 aliphatic carbocycles. The highest BCUT2D eigenvalue weighted by molar-refractivity contribution is 9.10. The number of nitrogens with zero attached hydrogens (tertiary/aromatic N) is 3. The van der Waals surface area contributed by atoms with Gasteiger partial charge in [0.2, 0.25) is 0 Å². The second kappa shape index (κ2) is 4.76. The molecule has 0 unspecified atom stereocenters. The molecule has 5 rings (SSSR count). The van der Waals surface area contributed by atoms with Crippen LogP contribution < -0.4 is 5.32 Å². The molecule has 7 heteroatoms. The van der Waals surface area contributed by atoms with Crippen molar-refractivity contribution >= 4 is 27.5 Å². The summed E-state index contributed by atoms with van der Waals surface area (Å²) >= 11 is 3.34. The minimum absolute atomic E-state index is 0.128. The summed E-state index contributed by atoms with van der Waals surface area (Å²) in [6.07, 6.45) is 9.83. The fourth-order valence-corrected chi connectivity index (χ4v) is 3.97. The van der Waals surface area contributed by atoms with Crippen molar-refractivity contribution in [3.63, 3.8) is 0 Å². The summed E-state index contributed by atoms with van der Waals surface area (Å²) in [5.41, 5.74) is 0.379. The number of hydrogen-bond donors (Lipinski definition) is 2. The second-order valence-electron chi connectivity index (χ2n) is 6.56. The van der Waals surface area contributed by atoms with Crippen LogP contribution in [-0.2, 0) is 0 Å². The molecule has 0 aliphatic heterocycles. The maximum atomic E-state index is 12.7. The number of carbonyl (C=O) groups excluding carboxylic acids is 1. The molecule has 3 saturated carbocycles. The minimum Gasteiger partial charge on any atom is -0.390 e. The number of aromatic nitrogens is 3. The Morgan fingerprint density at radius 1 is 1.23 bits per heavy atom. The summed E-state index contributed by atoms with van der Waals surface area (Å²) in [6.45, 7) is 0. The molecule has 0 atom stereocenters. The second-order valence-corrected chi connectivity index (χ2v) is 7.47. The van der Waals surface area contributed by atoms with Gasteiger partial charge in [0.15, 0.2) is 5.65 Å². The van der Waals surface area contributed by atoms with Gasteiger partial charge in [0, 0.05) is 17.9 Å². The molecule has 1 amide bonds. The quantitative estimate of drug-likeness (QED) is 0.854. The van der Waals surface area contributed by atoms with E-state index in [2.05, 4.69) is 31.3 Å². The Labute approximate surface area is 136 Å². The van der Waals surface area contributed by atoms with E-state index in [4.69, 9.17) is 0 Å². The molecule has 116 valence electrons. The largest absolute Gasteiger partial charge is 0.390 e. The van der Waals surface area contributed by atoms with Crippen LogP contribution in [0, 0.1) is 0 Å². The van der Waals surface area contributed by atoms with E-state index in [1.54, 1.807) is 23.1 Å². The topological polar surface area (TPSA) is 79.5 Å². The van der Waals surface area contributed by atoms with E-state index in [9.17, 15) is 9.90 Å². The number of nitrogens with one attached hydrogen (secondary N) is 1. The van der Waals surface area contributed by atoms with E-state index >= 15 is 0 Å². The maximum absolute atomic E-state index is 12.7. The van der Waals surface area contributed by atoms with E-state index in [-0.39, 0.29) is 11.4 Å². The third kappa shape index (κ3) is 2.23. The Morgan fingerprint density at radius 3 is 2.59 bits per heavy atom. The van der Waals surface area contributed by atoms with Crippen LogP contribution in [0.25, 0.3) is 5.65 Å². The van der Waals surface area contributed by atoms with Crippen molar-refractivity contribution in [2.24, 2.45) is 0 Å². The molecule has 22 heavy (non-hydrogen) atoms. The highest BCUT2D eigenvalue weighted by Gasteiger charge is 2.48.